The quantitative estimate of drug-likeness (QED) is 0.580. The average Bonchev–Trinajstić information content (AvgIpc) is 3.20. The lowest BCUT2D eigenvalue weighted by molar-refractivity contribution is -0.124. The molecule has 4 rings (SSSR count). The van der Waals surface area contributed by atoms with Gasteiger partial charge in [0, 0.05) is 25.7 Å². The van der Waals surface area contributed by atoms with Gasteiger partial charge in [-0.05, 0) is 48.9 Å². The van der Waals surface area contributed by atoms with Crippen molar-refractivity contribution in [2.24, 2.45) is 5.73 Å². The Kier molecular flexibility index (Phi) is 5.93. The van der Waals surface area contributed by atoms with Crippen molar-refractivity contribution in [3.8, 4) is 22.8 Å². The molecule has 2 aromatic carbocycles. The zero-order chi connectivity index (χ0) is 22.7. The second-order valence-electron chi connectivity index (χ2n) is 7.57. The van der Waals surface area contributed by atoms with Gasteiger partial charge >= 0.3 is 0 Å². The van der Waals surface area contributed by atoms with Crippen LogP contribution in [0.5, 0.6) is 11.5 Å². The Morgan fingerprint density at radius 2 is 1.81 bits per heavy atom. The maximum Gasteiger partial charge on any atom is 0.254 e. The molecule has 3 aromatic rings. The molecule has 0 saturated carbocycles. The van der Waals surface area contributed by atoms with Crippen molar-refractivity contribution in [1.29, 1.82) is 0 Å². The number of aromatic nitrogens is 2. The molecule has 2 N–H and O–H groups in total. The predicted octanol–water partition coefficient (Wildman–Crippen LogP) is 3.25. The van der Waals surface area contributed by atoms with Crippen LogP contribution in [-0.4, -0.2) is 46.8 Å². The number of ether oxygens (including phenoxy) is 1. The van der Waals surface area contributed by atoms with Crippen molar-refractivity contribution in [2.45, 2.75) is 13.0 Å². The van der Waals surface area contributed by atoms with Crippen LogP contribution in [0.2, 0.25) is 0 Å². The highest BCUT2D eigenvalue weighted by Crippen LogP contribution is 2.34. The number of nitrogens with zero attached hydrogens (tertiary/aromatic N) is 4. The molecule has 8 nitrogen and oxygen atoms in total. The first-order valence-corrected chi connectivity index (χ1v) is 10.3. The Labute approximate surface area is 186 Å². The van der Waals surface area contributed by atoms with Crippen LogP contribution in [0.15, 0.2) is 67.3 Å². The SMILES string of the molecule is C=CC(=O)N(C)CN1CCCn2nc(-c3ccc(Oc4ccccc4)cc3)c(C(N)=O)c21. The summed E-state index contributed by atoms with van der Waals surface area (Å²) in [6, 6.07) is 16.9. The summed E-state index contributed by atoms with van der Waals surface area (Å²) >= 11 is 0. The molecule has 2 amide bonds. The fraction of sp³-hybridized carbons (Fsp3) is 0.208. The lowest BCUT2D eigenvalue weighted by atomic mass is 10.1. The first-order chi connectivity index (χ1) is 15.5. The van der Waals surface area contributed by atoms with Gasteiger partial charge in [-0.15, -0.1) is 0 Å². The molecular formula is C24H25N5O3. The number of rotatable bonds is 7. The number of aryl methyl sites for hydroxylation is 1. The number of carbonyl (C=O) groups excluding carboxylic acids is 2. The van der Waals surface area contributed by atoms with Gasteiger partial charge in [-0.25, -0.2) is 4.68 Å². The molecule has 1 aliphatic heterocycles. The molecule has 0 radical (unpaired) electrons. The number of anilines is 1. The number of hydrogen-bond acceptors (Lipinski definition) is 5. The summed E-state index contributed by atoms with van der Waals surface area (Å²) in [5.41, 5.74) is 7.42. The third kappa shape index (κ3) is 4.20. The summed E-state index contributed by atoms with van der Waals surface area (Å²) in [4.78, 5) is 27.9. The minimum atomic E-state index is -0.560. The third-order valence-electron chi connectivity index (χ3n) is 5.31. The van der Waals surface area contributed by atoms with Gasteiger partial charge in [0.15, 0.2) is 0 Å². The minimum Gasteiger partial charge on any atom is -0.457 e. The Hall–Kier alpha value is -4.07. The zero-order valence-electron chi connectivity index (χ0n) is 17.9. The van der Waals surface area contributed by atoms with Crippen LogP contribution in [0.3, 0.4) is 0 Å². The van der Waals surface area contributed by atoms with Crippen LogP contribution >= 0.6 is 0 Å². The molecule has 0 spiro atoms. The summed E-state index contributed by atoms with van der Waals surface area (Å²) in [5, 5.41) is 4.69. The average molecular weight is 431 g/mol. The first-order valence-electron chi connectivity index (χ1n) is 10.3. The van der Waals surface area contributed by atoms with Crippen LogP contribution in [0, 0.1) is 0 Å². The number of para-hydroxylation sites is 1. The number of benzene rings is 2. The molecule has 0 unspecified atom stereocenters. The van der Waals surface area contributed by atoms with Gasteiger partial charge in [0.05, 0.1) is 6.67 Å². The molecule has 0 fully saturated rings. The maximum atomic E-state index is 12.5. The molecule has 0 atom stereocenters. The molecule has 8 heteroatoms. The fourth-order valence-electron chi connectivity index (χ4n) is 3.80. The molecule has 1 aromatic heterocycles. The smallest absolute Gasteiger partial charge is 0.254 e. The Morgan fingerprint density at radius 3 is 2.47 bits per heavy atom. The van der Waals surface area contributed by atoms with E-state index in [1.54, 1.807) is 11.7 Å². The number of amides is 2. The van der Waals surface area contributed by atoms with E-state index >= 15 is 0 Å². The van der Waals surface area contributed by atoms with E-state index in [0.717, 1.165) is 17.7 Å². The molecule has 0 saturated heterocycles. The number of primary amides is 1. The van der Waals surface area contributed by atoms with E-state index in [-0.39, 0.29) is 5.91 Å². The Bertz CT molecular complexity index is 1140. The molecule has 164 valence electrons. The molecule has 0 bridgehead atoms. The first kappa shape index (κ1) is 21.2. The molecular weight excluding hydrogens is 406 g/mol. The number of nitrogens with two attached hydrogens (primary N) is 1. The zero-order valence-corrected chi connectivity index (χ0v) is 17.9. The standard InChI is InChI=1S/C24H25N5O3/c1-3-20(30)27(2)16-28-14-7-15-29-24(28)21(23(25)31)22(26-29)17-10-12-19(13-11-17)32-18-8-5-4-6-9-18/h3-6,8-13H,1,7,14-16H2,2H3,(H2,25,31). The Balaban J connectivity index is 1.66. The van der Waals surface area contributed by atoms with Gasteiger partial charge in [0.1, 0.15) is 28.6 Å². The highest BCUT2D eigenvalue weighted by atomic mass is 16.5. The van der Waals surface area contributed by atoms with Gasteiger partial charge in [0.2, 0.25) is 5.91 Å². The largest absolute Gasteiger partial charge is 0.457 e. The molecule has 2 heterocycles. The van der Waals surface area contributed by atoms with Crippen LogP contribution in [-0.2, 0) is 11.3 Å². The normalized spacial score (nSPS) is 12.7. The number of likely N-dealkylation sites (N-methyl/N-ethyl adjacent to an activating group) is 1. The second kappa shape index (κ2) is 8.97. The van der Waals surface area contributed by atoms with E-state index in [4.69, 9.17) is 10.5 Å². The lowest BCUT2D eigenvalue weighted by Gasteiger charge is -2.33. The molecule has 1 aliphatic rings. The van der Waals surface area contributed by atoms with Gasteiger partial charge < -0.3 is 20.3 Å². The van der Waals surface area contributed by atoms with E-state index in [1.807, 2.05) is 59.5 Å². The van der Waals surface area contributed by atoms with Crippen molar-refractivity contribution >= 4 is 17.6 Å². The Morgan fingerprint density at radius 1 is 1.12 bits per heavy atom. The summed E-state index contributed by atoms with van der Waals surface area (Å²) < 4.78 is 7.64. The van der Waals surface area contributed by atoms with E-state index in [1.165, 1.54) is 11.0 Å². The minimum absolute atomic E-state index is 0.198. The maximum absolute atomic E-state index is 12.5. The number of fused-ring (bicyclic) bond motifs is 1. The van der Waals surface area contributed by atoms with Gasteiger partial charge in [-0.2, -0.15) is 5.10 Å². The monoisotopic (exact) mass is 431 g/mol. The van der Waals surface area contributed by atoms with Crippen molar-refractivity contribution < 1.29 is 14.3 Å². The summed E-state index contributed by atoms with van der Waals surface area (Å²) in [7, 11) is 1.69. The topological polar surface area (TPSA) is 93.7 Å². The summed E-state index contributed by atoms with van der Waals surface area (Å²) in [6.07, 6.45) is 2.10. The highest BCUT2D eigenvalue weighted by Gasteiger charge is 2.30. The van der Waals surface area contributed by atoms with Crippen molar-refractivity contribution in [1.82, 2.24) is 14.7 Å². The lowest BCUT2D eigenvalue weighted by Crippen LogP contribution is -2.43. The number of hydrogen-bond donors (Lipinski definition) is 1. The van der Waals surface area contributed by atoms with Gasteiger partial charge in [0.25, 0.3) is 5.91 Å². The van der Waals surface area contributed by atoms with Crippen molar-refractivity contribution in [2.75, 3.05) is 25.2 Å². The molecule has 0 aliphatic carbocycles. The van der Waals surface area contributed by atoms with E-state index in [0.29, 0.717) is 42.6 Å². The van der Waals surface area contributed by atoms with E-state index < -0.39 is 5.91 Å². The third-order valence-corrected chi connectivity index (χ3v) is 5.31. The highest BCUT2D eigenvalue weighted by molar-refractivity contribution is 6.04. The fourth-order valence-corrected chi connectivity index (χ4v) is 3.80. The van der Waals surface area contributed by atoms with Crippen LogP contribution in [0.25, 0.3) is 11.3 Å². The van der Waals surface area contributed by atoms with Gasteiger partial charge in [-0.1, -0.05) is 24.8 Å². The summed E-state index contributed by atoms with van der Waals surface area (Å²) in [5.74, 6) is 1.29. The number of carbonyl (C=O) groups is 2. The van der Waals surface area contributed by atoms with Crippen molar-refractivity contribution in [3.05, 3.63) is 72.8 Å². The van der Waals surface area contributed by atoms with Crippen molar-refractivity contribution in [3.63, 3.8) is 0 Å². The predicted molar refractivity (Wildman–Crippen MR) is 122 cm³/mol. The molecule has 32 heavy (non-hydrogen) atoms. The van der Waals surface area contributed by atoms with E-state index in [9.17, 15) is 9.59 Å². The van der Waals surface area contributed by atoms with Crippen LogP contribution in [0.1, 0.15) is 16.8 Å². The summed E-state index contributed by atoms with van der Waals surface area (Å²) in [6.45, 7) is 5.19. The van der Waals surface area contributed by atoms with Crippen LogP contribution in [0.4, 0.5) is 5.82 Å². The van der Waals surface area contributed by atoms with Gasteiger partial charge in [-0.3, -0.25) is 9.59 Å². The second-order valence-corrected chi connectivity index (χ2v) is 7.57. The van der Waals surface area contributed by atoms with Crippen LogP contribution < -0.4 is 15.4 Å². The van der Waals surface area contributed by atoms with E-state index in [2.05, 4.69) is 11.7 Å².